The SMILES string of the molecule is [2H]c1c([2H])c([2H])c(-c2cccc(-c3c([2H])c([2H])c([2H])c([2H])c3[2H])c2-[n+]2[c-]n(-c3[c-]c(Oc4[c-]c5c(cc4)c4ccccc4n5-c4cc(N5c6ccccc6B(c6c(C)cccc6C)c6ccccc65)ccn4)ccc3)c3ccccc32)c([2H])c1[2H].[Pt]. The van der Waals surface area contributed by atoms with Gasteiger partial charge in [-0.25, -0.2) is 4.98 Å². The molecule has 0 amide bonds. The van der Waals surface area contributed by atoms with Crippen LogP contribution in [0, 0.1) is 32.3 Å². The van der Waals surface area contributed by atoms with Gasteiger partial charge in [0.25, 0.3) is 6.33 Å². The quantitative estimate of drug-likeness (QED) is 0.0821. The summed E-state index contributed by atoms with van der Waals surface area (Å²) in [5.74, 6) is 1.43. The molecule has 3 aromatic heterocycles. The first-order valence-electron chi connectivity index (χ1n) is 29.6. The number of benzene rings is 10. The summed E-state index contributed by atoms with van der Waals surface area (Å²) in [6.45, 7) is 4.42. The fourth-order valence-electron chi connectivity index (χ4n) is 11.0. The van der Waals surface area contributed by atoms with Crippen molar-refractivity contribution in [3.8, 4) is 50.9 Å². The average molecular weight is 1170 g/mol. The number of pyridine rings is 1. The molecule has 1 aliphatic heterocycles. The van der Waals surface area contributed by atoms with Crippen LogP contribution in [0.2, 0.25) is 0 Å². The molecule has 364 valence electrons. The van der Waals surface area contributed by atoms with Crippen molar-refractivity contribution in [2.45, 2.75) is 13.8 Å². The molecule has 0 saturated heterocycles. The van der Waals surface area contributed by atoms with Crippen molar-refractivity contribution in [1.82, 2.24) is 14.1 Å². The van der Waals surface area contributed by atoms with E-state index in [1.807, 2.05) is 66.9 Å². The Morgan fingerprint density at radius 1 is 0.566 bits per heavy atom. The maximum Gasteiger partial charge on any atom is 0.268 e. The zero-order chi connectivity index (χ0) is 58.7. The number of aromatic nitrogens is 4. The number of anilines is 3. The van der Waals surface area contributed by atoms with Crippen molar-refractivity contribution >= 4 is 73.0 Å². The predicted molar refractivity (Wildman–Crippen MR) is 306 cm³/mol. The van der Waals surface area contributed by atoms with Crippen molar-refractivity contribution < 1.29 is 44.1 Å². The van der Waals surface area contributed by atoms with Gasteiger partial charge in [-0.2, -0.15) is 18.2 Å². The topological polar surface area (TPSA) is 39.1 Å². The van der Waals surface area contributed by atoms with E-state index in [1.54, 1.807) is 33.4 Å². The molecular formula is C68H46BN5OPt-2. The Morgan fingerprint density at radius 3 is 1.88 bits per heavy atom. The van der Waals surface area contributed by atoms with Gasteiger partial charge in [-0.15, -0.1) is 29.7 Å². The molecule has 0 atom stereocenters. The Bertz CT molecular complexity index is 4760. The van der Waals surface area contributed by atoms with Crippen LogP contribution in [0.4, 0.5) is 17.1 Å². The van der Waals surface area contributed by atoms with E-state index in [1.165, 1.54) is 27.5 Å². The molecule has 0 spiro atoms. The number of nitrogens with zero attached hydrogens (tertiary/aromatic N) is 5. The molecule has 1 aliphatic rings. The molecule has 13 aromatic rings. The summed E-state index contributed by atoms with van der Waals surface area (Å²) in [5, 5.41) is 1.96. The number of fused-ring (bicyclic) bond motifs is 6. The fourth-order valence-corrected chi connectivity index (χ4v) is 11.0. The summed E-state index contributed by atoms with van der Waals surface area (Å²) in [4.78, 5) is 7.38. The summed E-state index contributed by atoms with van der Waals surface area (Å²) in [6, 6.07) is 59.3. The second-order valence-corrected chi connectivity index (χ2v) is 18.5. The van der Waals surface area contributed by atoms with Gasteiger partial charge in [0.05, 0.1) is 36.1 Å². The van der Waals surface area contributed by atoms with Gasteiger partial charge < -0.3 is 18.8 Å². The molecule has 14 rings (SSSR count). The molecule has 8 heteroatoms. The van der Waals surface area contributed by atoms with Crippen LogP contribution in [0.5, 0.6) is 11.5 Å². The van der Waals surface area contributed by atoms with Crippen LogP contribution in [-0.4, -0.2) is 20.8 Å². The van der Waals surface area contributed by atoms with Crippen molar-refractivity contribution in [2.75, 3.05) is 4.90 Å². The third-order valence-electron chi connectivity index (χ3n) is 14.2. The molecular weight excluding hydrogens is 1110 g/mol. The summed E-state index contributed by atoms with van der Waals surface area (Å²) in [5.41, 5.74) is 12.8. The van der Waals surface area contributed by atoms with Crippen LogP contribution < -0.4 is 30.6 Å². The van der Waals surface area contributed by atoms with E-state index in [0.29, 0.717) is 34.0 Å². The van der Waals surface area contributed by atoms with Gasteiger partial charge in [0, 0.05) is 61.7 Å². The molecule has 6 nitrogen and oxygen atoms in total. The third kappa shape index (κ3) is 7.86. The zero-order valence-corrected chi connectivity index (χ0v) is 43.1. The molecule has 0 bridgehead atoms. The predicted octanol–water partition coefficient (Wildman–Crippen LogP) is 13.8. The fraction of sp³-hybridized carbons (Fsp3) is 0.0294. The first-order valence-corrected chi connectivity index (χ1v) is 24.6. The van der Waals surface area contributed by atoms with E-state index < -0.39 is 60.4 Å². The van der Waals surface area contributed by atoms with Gasteiger partial charge in [0.15, 0.2) is 0 Å². The van der Waals surface area contributed by atoms with Gasteiger partial charge in [-0.1, -0.05) is 198 Å². The average Bonchev–Trinajstić information content (AvgIpc) is 1.34. The summed E-state index contributed by atoms with van der Waals surface area (Å²) >= 11 is 0. The van der Waals surface area contributed by atoms with Crippen LogP contribution in [0.25, 0.3) is 72.3 Å². The van der Waals surface area contributed by atoms with E-state index in [0.717, 1.165) is 38.9 Å². The molecule has 4 heterocycles. The number of aryl methyl sites for hydroxylation is 2. The number of para-hydroxylation sites is 6. The number of rotatable bonds is 9. The van der Waals surface area contributed by atoms with Gasteiger partial charge in [-0.05, 0) is 82.4 Å². The van der Waals surface area contributed by atoms with Crippen molar-refractivity contribution in [3.63, 3.8) is 0 Å². The molecule has 0 N–H and O–H groups in total. The molecule has 0 radical (unpaired) electrons. The van der Waals surface area contributed by atoms with E-state index >= 15 is 0 Å². The Balaban J connectivity index is 0.00000686. The first kappa shape index (κ1) is 36.8. The monoisotopic (exact) mass is 1160 g/mol. The largest absolute Gasteiger partial charge is 0.510 e. The van der Waals surface area contributed by atoms with Gasteiger partial charge in [0.2, 0.25) is 6.71 Å². The maximum atomic E-state index is 9.08. The third-order valence-corrected chi connectivity index (χ3v) is 14.2. The van der Waals surface area contributed by atoms with Gasteiger partial charge in [-0.3, -0.25) is 4.57 Å². The minimum Gasteiger partial charge on any atom is -0.510 e. The van der Waals surface area contributed by atoms with Gasteiger partial charge in [0.1, 0.15) is 5.82 Å². The summed E-state index contributed by atoms with van der Waals surface area (Å²) in [6.07, 6.45) is 5.28. The first-order chi connectivity index (χ1) is 41.2. The van der Waals surface area contributed by atoms with E-state index in [-0.39, 0.29) is 55.7 Å². The van der Waals surface area contributed by atoms with Crippen LogP contribution >= 0.6 is 0 Å². The number of ether oxygens (including phenoxy) is 1. The van der Waals surface area contributed by atoms with Crippen LogP contribution in [-0.2, 0) is 21.1 Å². The molecule has 0 fully saturated rings. The normalized spacial score (nSPS) is 13.8. The summed E-state index contributed by atoms with van der Waals surface area (Å²) < 4.78 is 99.8. The molecule has 10 aromatic carbocycles. The van der Waals surface area contributed by atoms with Gasteiger partial charge >= 0.3 is 0 Å². The number of hydrogen-bond donors (Lipinski definition) is 0. The number of imidazole rings is 1. The second kappa shape index (κ2) is 19.3. The molecule has 0 aliphatic carbocycles. The maximum absolute atomic E-state index is 9.08. The van der Waals surface area contributed by atoms with E-state index in [4.69, 9.17) is 23.4 Å². The molecule has 0 unspecified atom stereocenters. The Labute approximate surface area is 470 Å². The Morgan fingerprint density at radius 2 is 1.17 bits per heavy atom. The summed E-state index contributed by atoms with van der Waals surface area (Å²) in [7, 11) is 0. The smallest absolute Gasteiger partial charge is 0.268 e. The standard InChI is InChI=1S/C68H46BN5O.Pt/c1-46-20-17-21-47(2)67(46)69-58-31-10-13-34-61(58)73(62-35-14-11-32-59(62)69)51-40-41-70-66(43-51)74-60-33-12-9-28-56(60)57-39-38-53(44-65(57)74)75-52-27-18-26-50(42-52)71-45-72(64-37-16-15-36-63(64)71)68-54(48-22-5-3-6-23-48)29-19-30-55(68)49-24-7-4-8-25-49;/h3-41,43H,1-2H3;/q-2;/i3D,4D,5D,6D,7D,8D,22D,23D,24D,25D;. The Kier molecular flexibility index (Phi) is 9.38. The van der Waals surface area contributed by atoms with E-state index in [2.05, 4.69) is 133 Å². The van der Waals surface area contributed by atoms with Crippen molar-refractivity contribution in [3.05, 3.63) is 272 Å². The van der Waals surface area contributed by atoms with Crippen LogP contribution in [0.15, 0.2) is 243 Å². The minimum absolute atomic E-state index is 0. The van der Waals surface area contributed by atoms with Crippen molar-refractivity contribution in [2.24, 2.45) is 0 Å². The van der Waals surface area contributed by atoms with Crippen LogP contribution in [0.3, 0.4) is 0 Å². The zero-order valence-electron chi connectivity index (χ0n) is 50.9. The molecule has 76 heavy (non-hydrogen) atoms. The van der Waals surface area contributed by atoms with Crippen molar-refractivity contribution in [1.29, 1.82) is 0 Å². The Hall–Kier alpha value is -9.03. The van der Waals surface area contributed by atoms with E-state index in [9.17, 15) is 0 Å². The van der Waals surface area contributed by atoms with Crippen LogP contribution in [0.1, 0.15) is 24.8 Å². The number of hydrogen-bond acceptors (Lipinski definition) is 3. The second-order valence-electron chi connectivity index (χ2n) is 18.5. The molecule has 0 saturated carbocycles. The minimum atomic E-state index is -0.577.